The van der Waals surface area contributed by atoms with Crippen molar-refractivity contribution in [2.24, 2.45) is 5.84 Å². The summed E-state index contributed by atoms with van der Waals surface area (Å²) in [4.78, 5) is 0. The van der Waals surface area contributed by atoms with Crippen molar-refractivity contribution in [1.29, 1.82) is 0 Å². The van der Waals surface area contributed by atoms with Crippen LogP contribution in [0.15, 0.2) is 24.3 Å². The molecule has 0 aliphatic rings. The van der Waals surface area contributed by atoms with Crippen molar-refractivity contribution >= 4 is 0 Å². The van der Waals surface area contributed by atoms with Gasteiger partial charge in [0, 0.05) is 19.8 Å². The third kappa shape index (κ3) is 5.46. The molecule has 1 aromatic rings. The van der Waals surface area contributed by atoms with Gasteiger partial charge in [-0.05, 0) is 24.1 Å². The van der Waals surface area contributed by atoms with E-state index in [1.807, 2.05) is 0 Å². The van der Waals surface area contributed by atoms with Gasteiger partial charge in [-0.1, -0.05) is 12.1 Å². The number of rotatable bonds is 8. The quantitative estimate of drug-likeness (QED) is 0.438. The highest BCUT2D eigenvalue weighted by Gasteiger charge is 2.30. The van der Waals surface area contributed by atoms with Crippen LogP contribution in [-0.4, -0.2) is 26.9 Å². The van der Waals surface area contributed by atoms with E-state index in [1.54, 1.807) is 13.2 Å². The van der Waals surface area contributed by atoms with Crippen molar-refractivity contribution in [3.8, 4) is 0 Å². The highest BCUT2D eigenvalue weighted by molar-refractivity contribution is 5.27. The first-order chi connectivity index (χ1) is 9.49. The van der Waals surface area contributed by atoms with Crippen LogP contribution in [0.4, 0.5) is 13.2 Å². The van der Waals surface area contributed by atoms with Crippen LogP contribution >= 0.6 is 0 Å². The SMILES string of the molecule is COCCOCCC(NN)c1cccc(C(F)(F)F)c1. The zero-order valence-electron chi connectivity index (χ0n) is 11.2. The van der Waals surface area contributed by atoms with E-state index in [4.69, 9.17) is 15.3 Å². The summed E-state index contributed by atoms with van der Waals surface area (Å²) >= 11 is 0. The molecule has 0 bridgehead atoms. The maximum atomic E-state index is 12.6. The lowest BCUT2D eigenvalue weighted by atomic mass is 10.0. The van der Waals surface area contributed by atoms with E-state index >= 15 is 0 Å². The maximum Gasteiger partial charge on any atom is 0.416 e. The fourth-order valence-electron chi connectivity index (χ4n) is 1.72. The molecule has 0 saturated heterocycles. The summed E-state index contributed by atoms with van der Waals surface area (Å²) in [6, 6.07) is 4.72. The number of nitrogens with one attached hydrogen (secondary N) is 1. The van der Waals surface area contributed by atoms with E-state index < -0.39 is 11.7 Å². The van der Waals surface area contributed by atoms with Gasteiger partial charge in [0.2, 0.25) is 0 Å². The first-order valence-electron chi connectivity index (χ1n) is 6.19. The minimum absolute atomic E-state index is 0.383. The highest BCUT2D eigenvalue weighted by Crippen LogP contribution is 2.31. The van der Waals surface area contributed by atoms with Crippen molar-refractivity contribution in [3.05, 3.63) is 35.4 Å². The zero-order chi connectivity index (χ0) is 15.0. The Balaban J connectivity index is 2.61. The fraction of sp³-hybridized carbons (Fsp3) is 0.538. The summed E-state index contributed by atoms with van der Waals surface area (Å²) in [7, 11) is 1.57. The number of methoxy groups -OCH3 is 1. The monoisotopic (exact) mass is 292 g/mol. The Labute approximate surface area is 116 Å². The van der Waals surface area contributed by atoms with Gasteiger partial charge in [-0.15, -0.1) is 0 Å². The van der Waals surface area contributed by atoms with Crippen molar-refractivity contribution in [2.45, 2.75) is 18.6 Å². The van der Waals surface area contributed by atoms with Crippen molar-refractivity contribution < 1.29 is 22.6 Å². The second-order valence-electron chi connectivity index (χ2n) is 4.24. The van der Waals surface area contributed by atoms with Crippen molar-refractivity contribution in [2.75, 3.05) is 26.9 Å². The molecule has 0 saturated carbocycles. The van der Waals surface area contributed by atoms with E-state index in [-0.39, 0.29) is 6.04 Å². The van der Waals surface area contributed by atoms with E-state index in [0.717, 1.165) is 12.1 Å². The summed E-state index contributed by atoms with van der Waals surface area (Å²) in [5, 5.41) is 0. The van der Waals surface area contributed by atoms with Gasteiger partial charge in [0.15, 0.2) is 0 Å². The topological polar surface area (TPSA) is 56.5 Å². The molecule has 7 heteroatoms. The summed E-state index contributed by atoms with van der Waals surface area (Å²) in [5.74, 6) is 5.39. The van der Waals surface area contributed by atoms with Crippen LogP contribution in [0.1, 0.15) is 23.6 Å². The Morgan fingerprint density at radius 1 is 1.25 bits per heavy atom. The van der Waals surface area contributed by atoms with Crippen LogP contribution in [0.2, 0.25) is 0 Å². The highest BCUT2D eigenvalue weighted by atomic mass is 19.4. The molecular weight excluding hydrogens is 273 g/mol. The first kappa shape index (κ1) is 16.9. The molecule has 1 atom stereocenters. The third-order valence-electron chi connectivity index (χ3n) is 2.80. The van der Waals surface area contributed by atoms with Crippen molar-refractivity contribution in [3.63, 3.8) is 0 Å². The number of halogens is 3. The predicted octanol–water partition coefficient (Wildman–Crippen LogP) is 2.26. The zero-order valence-corrected chi connectivity index (χ0v) is 11.2. The molecule has 0 radical (unpaired) electrons. The van der Waals surface area contributed by atoms with Crippen LogP contribution in [0.5, 0.6) is 0 Å². The van der Waals surface area contributed by atoms with Gasteiger partial charge < -0.3 is 9.47 Å². The second-order valence-corrected chi connectivity index (χ2v) is 4.24. The van der Waals surface area contributed by atoms with Crippen LogP contribution in [-0.2, 0) is 15.7 Å². The molecular formula is C13H19F3N2O2. The number of hydrogen-bond donors (Lipinski definition) is 2. The van der Waals surface area contributed by atoms with Crippen LogP contribution < -0.4 is 11.3 Å². The molecule has 1 unspecified atom stereocenters. The van der Waals surface area contributed by atoms with Crippen molar-refractivity contribution in [1.82, 2.24) is 5.43 Å². The molecule has 1 rings (SSSR count). The van der Waals surface area contributed by atoms with E-state index in [1.165, 1.54) is 6.07 Å². The Morgan fingerprint density at radius 3 is 2.60 bits per heavy atom. The predicted molar refractivity (Wildman–Crippen MR) is 68.8 cm³/mol. The fourth-order valence-corrected chi connectivity index (χ4v) is 1.72. The average Bonchev–Trinajstić information content (AvgIpc) is 2.42. The van der Waals surface area contributed by atoms with Gasteiger partial charge in [-0.3, -0.25) is 11.3 Å². The number of hydrogen-bond acceptors (Lipinski definition) is 4. The number of hydrazine groups is 1. The molecule has 20 heavy (non-hydrogen) atoms. The van der Waals surface area contributed by atoms with Gasteiger partial charge in [0.05, 0.1) is 18.8 Å². The number of nitrogens with two attached hydrogens (primary N) is 1. The minimum Gasteiger partial charge on any atom is -0.382 e. The minimum atomic E-state index is -4.36. The molecule has 3 N–H and O–H groups in total. The number of benzene rings is 1. The molecule has 0 aliphatic heterocycles. The largest absolute Gasteiger partial charge is 0.416 e. The second kappa shape index (κ2) is 8.21. The third-order valence-corrected chi connectivity index (χ3v) is 2.80. The normalized spacial score (nSPS) is 13.4. The summed E-state index contributed by atoms with van der Waals surface area (Å²) in [6.45, 7) is 1.30. The van der Waals surface area contributed by atoms with Crippen LogP contribution in [0.3, 0.4) is 0 Å². The Bertz CT molecular complexity index is 399. The number of alkyl halides is 3. The molecule has 0 aromatic heterocycles. The lowest BCUT2D eigenvalue weighted by Crippen LogP contribution is -2.29. The molecule has 4 nitrogen and oxygen atoms in total. The summed E-state index contributed by atoms with van der Waals surface area (Å²) < 4.78 is 48.0. The summed E-state index contributed by atoms with van der Waals surface area (Å²) in [6.07, 6.45) is -3.88. The van der Waals surface area contributed by atoms with Crippen LogP contribution in [0, 0.1) is 0 Å². The Morgan fingerprint density at radius 2 is 2.00 bits per heavy atom. The molecule has 0 heterocycles. The first-order valence-corrected chi connectivity index (χ1v) is 6.19. The Hall–Kier alpha value is -1.15. The molecule has 0 aliphatic carbocycles. The van der Waals surface area contributed by atoms with Crippen LogP contribution in [0.25, 0.3) is 0 Å². The molecule has 114 valence electrons. The molecule has 0 fully saturated rings. The van der Waals surface area contributed by atoms with Gasteiger partial charge in [-0.2, -0.15) is 13.2 Å². The molecule has 0 spiro atoms. The standard InChI is InChI=1S/C13H19F3N2O2/c1-19-7-8-20-6-5-12(18-17)10-3-2-4-11(9-10)13(14,15)16/h2-4,9,12,18H,5-8,17H2,1H3. The van der Waals surface area contributed by atoms with Gasteiger partial charge in [0.1, 0.15) is 0 Å². The maximum absolute atomic E-state index is 12.6. The smallest absolute Gasteiger partial charge is 0.382 e. The van der Waals surface area contributed by atoms with E-state index in [0.29, 0.717) is 31.8 Å². The van der Waals surface area contributed by atoms with Gasteiger partial charge in [0.25, 0.3) is 0 Å². The van der Waals surface area contributed by atoms with Gasteiger partial charge in [-0.25, -0.2) is 0 Å². The van der Waals surface area contributed by atoms with E-state index in [9.17, 15) is 13.2 Å². The molecule has 0 amide bonds. The average molecular weight is 292 g/mol. The lowest BCUT2D eigenvalue weighted by molar-refractivity contribution is -0.137. The summed E-state index contributed by atoms with van der Waals surface area (Å²) in [5.41, 5.74) is 2.31. The van der Waals surface area contributed by atoms with Gasteiger partial charge >= 0.3 is 6.18 Å². The lowest BCUT2D eigenvalue weighted by Gasteiger charge is -2.18. The Kier molecular flexibility index (Phi) is 6.94. The van der Waals surface area contributed by atoms with E-state index in [2.05, 4.69) is 5.43 Å². The number of ether oxygens (including phenoxy) is 2. The molecule has 1 aromatic carbocycles.